The average Bonchev–Trinajstić information content (AvgIpc) is 2.63. The predicted octanol–water partition coefficient (Wildman–Crippen LogP) is 3.20. The number of anilines is 1. The van der Waals surface area contributed by atoms with Gasteiger partial charge in [0.25, 0.3) is 0 Å². The third-order valence-corrected chi connectivity index (χ3v) is 5.55. The van der Waals surface area contributed by atoms with Crippen LogP contribution < -0.4 is 10.6 Å². The largest absolute Gasteiger partial charge is 0.352 e. The van der Waals surface area contributed by atoms with Crippen molar-refractivity contribution in [3.8, 4) is 0 Å². The molecule has 1 aliphatic rings. The van der Waals surface area contributed by atoms with Gasteiger partial charge in [-0.15, -0.1) is 0 Å². The lowest BCUT2D eigenvalue weighted by molar-refractivity contribution is -0.127. The van der Waals surface area contributed by atoms with Crippen LogP contribution in [-0.2, 0) is 16.0 Å². The van der Waals surface area contributed by atoms with Gasteiger partial charge in [-0.2, -0.15) is 0 Å². The number of nitrogens with one attached hydrogen (secondary N) is 2. The summed E-state index contributed by atoms with van der Waals surface area (Å²) in [6.07, 6.45) is 5.53. The maximum absolute atomic E-state index is 12.6. The van der Waals surface area contributed by atoms with Crippen LogP contribution in [0.5, 0.6) is 0 Å². The minimum atomic E-state index is -0.337. The summed E-state index contributed by atoms with van der Waals surface area (Å²) in [6, 6.07) is 7.74. The Morgan fingerprint density at radius 2 is 1.92 bits per heavy atom. The van der Waals surface area contributed by atoms with Crippen molar-refractivity contribution in [3.63, 3.8) is 0 Å². The number of carbonyl (C=O) groups is 2. The number of aryl methyl sites for hydroxylation is 1. The van der Waals surface area contributed by atoms with Gasteiger partial charge in [0, 0.05) is 11.7 Å². The lowest BCUT2D eigenvalue weighted by atomic mass is 9.86. The van der Waals surface area contributed by atoms with Crippen molar-refractivity contribution in [2.24, 2.45) is 5.92 Å². The first-order valence-electron chi connectivity index (χ1n) is 9.80. The van der Waals surface area contributed by atoms with E-state index in [1.54, 1.807) is 4.90 Å². The van der Waals surface area contributed by atoms with Crippen molar-refractivity contribution in [2.75, 3.05) is 18.9 Å². The van der Waals surface area contributed by atoms with Crippen molar-refractivity contribution in [3.05, 3.63) is 29.8 Å². The Morgan fingerprint density at radius 3 is 2.62 bits per heavy atom. The van der Waals surface area contributed by atoms with Crippen molar-refractivity contribution < 1.29 is 9.59 Å². The second kappa shape index (κ2) is 9.72. The molecule has 26 heavy (non-hydrogen) atoms. The van der Waals surface area contributed by atoms with Crippen LogP contribution in [0, 0.1) is 5.92 Å². The number of hydrogen-bond acceptors (Lipinski definition) is 3. The Labute approximate surface area is 157 Å². The van der Waals surface area contributed by atoms with Crippen LogP contribution in [-0.4, -0.2) is 42.4 Å². The number of amides is 2. The van der Waals surface area contributed by atoms with Crippen LogP contribution in [0.4, 0.5) is 5.69 Å². The molecule has 0 heterocycles. The summed E-state index contributed by atoms with van der Waals surface area (Å²) in [6.45, 7) is 6.32. The van der Waals surface area contributed by atoms with E-state index in [-0.39, 0.29) is 30.4 Å². The molecule has 0 saturated heterocycles. The molecule has 0 aliphatic heterocycles. The molecule has 0 bridgehead atoms. The van der Waals surface area contributed by atoms with Crippen LogP contribution >= 0.6 is 0 Å². The van der Waals surface area contributed by atoms with Gasteiger partial charge in [0.05, 0.1) is 12.6 Å². The second-order valence-electron chi connectivity index (χ2n) is 7.53. The maximum Gasteiger partial charge on any atom is 0.238 e. The molecule has 0 radical (unpaired) electrons. The highest BCUT2D eigenvalue weighted by Crippen LogP contribution is 2.23. The van der Waals surface area contributed by atoms with Crippen molar-refractivity contribution in [1.29, 1.82) is 0 Å². The molecule has 2 N–H and O–H groups in total. The molecule has 2 rings (SSSR count). The Kier molecular flexibility index (Phi) is 7.64. The second-order valence-corrected chi connectivity index (χ2v) is 7.53. The van der Waals surface area contributed by atoms with E-state index in [0.29, 0.717) is 5.92 Å². The van der Waals surface area contributed by atoms with E-state index in [0.717, 1.165) is 24.1 Å². The van der Waals surface area contributed by atoms with E-state index in [1.807, 2.05) is 38.2 Å². The van der Waals surface area contributed by atoms with E-state index < -0.39 is 0 Å². The number of rotatable bonds is 7. The zero-order valence-corrected chi connectivity index (χ0v) is 16.5. The third-order valence-electron chi connectivity index (χ3n) is 5.55. The van der Waals surface area contributed by atoms with Gasteiger partial charge in [-0.1, -0.05) is 44.9 Å². The first-order valence-corrected chi connectivity index (χ1v) is 9.80. The number of likely N-dealkylation sites (N-methyl/N-ethyl adjacent to an activating group) is 1. The highest BCUT2D eigenvalue weighted by Gasteiger charge is 2.26. The molecule has 2 amide bonds. The number of nitrogens with zero attached hydrogens (tertiary/aromatic N) is 1. The Bertz CT molecular complexity index is 617. The molecule has 0 spiro atoms. The topological polar surface area (TPSA) is 61.4 Å². The van der Waals surface area contributed by atoms with Crippen molar-refractivity contribution >= 4 is 17.5 Å². The fourth-order valence-electron chi connectivity index (χ4n) is 3.54. The molecule has 144 valence electrons. The molecule has 0 aromatic heterocycles. The van der Waals surface area contributed by atoms with Crippen LogP contribution in [0.1, 0.15) is 52.0 Å². The monoisotopic (exact) mass is 359 g/mol. The summed E-state index contributed by atoms with van der Waals surface area (Å²) in [7, 11) is 1.82. The Morgan fingerprint density at radius 1 is 1.23 bits per heavy atom. The quantitative estimate of drug-likeness (QED) is 0.786. The smallest absolute Gasteiger partial charge is 0.238 e. The first-order chi connectivity index (χ1) is 12.4. The predicted molar refractivity (Wildman–Crippen MR) is 106 cm³/mol. The van der Waals surface area contributed by atoms with Crippen LogP contribution in [0.15, 0.2) is 24.3 Å². The summed E-state index contributed by atoms with van der Waals surface area (Å²) < 4.78 is 0. The molecular formula is C21H33N3O2. The number of para-hydroxylation sites is 1. The number of hydrogen-bond donors (Lipinski definition) is 2. The zero-order chi connectivity index (χ0) is 19.1. The molecule has 1 aromatic rings. The van der Waals surface area contributed by atoms with Gasteiger partial charge in [-0.3, -0.25) is 14.5 Å². The van der Waals surface area contributed by atoms with E-state index in [2.05, 4.69) is 24.5 Å². The molecular weight excluding hydrogens is 326 g/mol. The van der Waals surface area contributed by atoms with E-state index in [9.17, 15) is 9.59 Å². The lowest BCUT2D eigenvalue weighted by Gasteiger charge is -2.32. The summed E-state index contributed by atoms with van der Waals surface area (Å²) in [5.41, 5.74) is 1.96. The number of benzene rings is 1. The van der Waals surface area contributed by atoms with Gasteiger partial charge in [0.1, 0.15) is 0 Å². The summed E-state index contributed by atoms with van der Waals surface area (Å²) in [5, 5.41) is 6.14. The molecule has 1 aromatic carbocycles. The first kappa shape index (κ1) is 20.4. The summed E-state index contributed by atoms with van der Waals surface area (Å²) in [4.78, 5) is 26.7. The van der Waals surface area contributed by atoms with E-state index in [1.165, 1.54) is 19.3 Å². The van der Waals surface area contributed by atoms with E-state index in [4.69, 9.17) is 0 Å². The van der Waals surface area contributed by atoms with Gasteiger partial charge < -0.3 is 10.6 Å². The van der Waals surface area contributed by atoms with Gasteiger partial charge >= 0.3 is 0 Å². The molecule has 3 atom stereocenters. The summed E-state index contributed by atoms with van der Waals surface area (Å²) >= 11 is 0. The van der Waals surface area contributed by atoms with Gasteiger partial charge in [-0.25, -0.2) is 0 Å². The molecule has 5 nitrogen and oxygen atoms in total. The van der Waals surface area contributed by atoms with Crippen molar-refractivity contribution in [1.82, 2.24) is 10.2 Å². The van der Waals surface area contributed by atoms with Gasteiger partial charge in [-0.05, 0) is 50.8 Å². The normalized spacial score (nSPS) is 21.3. The molecule has 1 aliphatic carbocycles. The molecule has 3 unspecified atom stereocenters. The Balaban J connectivity index is 1.86. The van der Waals surface area contributed by atoms with Crippen LogP contribution in [0.2, 0.25) is 0 Å². The van der Waals surface area contributed by atoms with Crippen LogP contribution in [0.3, 0.4) is 0 Å². The standard InChI is InChI=1S/C21H33N3O2/c1-5-17-11-7-9-13-19(17)22-20(25)14-24(4)16(3)21(26)23-18-12-8-6-10-15(18)2/h7,9,11,13,15-16,18H,5-6,8,10,12,14H2,1-4H3,(H,22,25)(H,23,26). The molecule has 5 heteroatoms. The van der Waals surface area contributed by atoms with Gasteiger partial charge in [0.15, 0.2) is 0 Å². The number of carbonyl (C=O) groups excluding carboxylic acids is 2. The highest BCUT2D eigenvalue weighted by atomic mass is 16.2. The van der Waals surface area contributed by atoms with Gasteiger partial charge in [0.2, 0.25) is 11.8 Å². The van der Waals surface area contributed by atoms with Crippen molar-refractivity contribution in [2.45, 2.75) is 65.0 Å². The maximum atomic E-state index is 12.6. The molecule has 1 fully saturated rings. The fraction of sp³-hybridized carbons (Fsp3) is 0.619. The van der Waals surface area contributed by atoms with E-state index >= 15 is 0 Å². The summed E-state index contributed by atoms with van der Waals surface area (Å²) in [5.74, 6) is 0.436. The third kappa shape index (κ3) is 5.56. The highest BCUT2D eigenvalue weighted by molar-refractivity contribution is 5.93. The zero-order valence-electron chi connectivity index (χ0n) is 16.5. The fourth-order valence-corrected chi connectivity index (χ4v) is 3.54. The lowest BCUT2D eigenvalue weighted by Crippen LogP contribution is -2.50. The Hall–Kier alpha value is -1.88. The van der Waals surface area contributed by atoms with Crippen LogP contribution in [0.25, 0.3) is 0 Å². The minimum Gasteiger partial charge on any atom is -0.352 e. The minimum absolute atomic E-state index is 0.00742. The SMILES string of the molecule is CCc1ccccc1NC(=O)CN(C)C(C)C(=O)NC1CCCCC1C. The molecule has 1 saturated carbocycles. The average molecular weight is 360 g/mol.